The van der Waals surface area contributed by atoms with E-state index in [9.17, 15) is 4.79 Å². The molecule has 1 aromatic rings. The van der Waals surface area contributed by atoms with Crippen molar-refractivity contribution < 1.29 is 4.79 Å². The van der Waals surface area contributed by atoms with Crippen LogP contribution in [-0.2, 0) is 4.79 Å². The molecule has 0 radical (unpaired) electrons. The average molecular weight is 246 g/mol. The molecule has 0 saturated carbocycles. The number of carbonyl (C=O) groups is 1. The van der Waals surface area contributed by atoms with Crippen LogP contribution >= 0.6 is 0 Å². The Labute approximate surface area is 109 Å². The van der Waals surface area contributed by atoms with Gasteiger partial charge in [0, 0.05) is 18.2 Å². The van der Waals surface area contributed by atoms with Gasteiger partial charge in [-0.25, -0.2) is 0 Å². The Morgan fingerprint density at radius 1 is 1.44 bits per heavy atom. The van der Waals surface area contributed by atoms with Gasteiger partial charge in [-0.1, -0.05) is 18.6 Å². The molecule has 0 spiro atoms. The van der Waals surface area contributed by atoms with Gasteiger partial charge in [-0.05, 0) is 51.1 Å². The van der Waals surface area contributed by atoms with Crippen LogP contribution in [0.25, 0.3) is 0 Å². The van der Waals surface area contributed by atoms with E-state index in [4.69, 9.17) is 0 Å². The Hall–Kier alpha value is -1.35. The van der Waals surface area contributed by atoms with Crippen molar-refractivity contribution in [2.45, 2.75) is 38.6 Å². The molecule has 1 saturated heterocycles. The van der Waals surface area contributed by atoms with Crippen molar-refractivity contribution in [3.8, 4) is 0 Å². The first-order valence-corrected chi connectivity index (χ1v) is 6.72. The zero-order valence-corrected chi connectivity index (χ0v) is 11.3. The predicted molar refractivity (Wildman–Crippen MR) is 74.7 cm³/mol. The first-order chi connectivity index (χ1) is 8.65. The van der Waals surface area contributed by atoms with Gasteiger partial charge >= 0.3 is 0 Å². The van der Waals surface area contributed by atoms with Crippen molar-refractivity contribution in [2.24, 2.45) is 0 Å². The SMILES string of the molecule is Cc1cccc(NC(=O)CC2CCCCN2C)c1. The van der Waals surface area contributed by atoms with Gasteiger partial charge in [0.25, 0.3) is 0 Å². The number of nitrogens with zero attached hydrogens (tertiary/aromatic N) is 1. The summed E-state index contributed by atoms with van der Waals surface area (Å²) in [6.45, 7) is 3.15. The Morgan fingerprint density at radius 3 is 3.00 bits per heavy atom. The third-order valence-electron chi connectivity index (χ3n) is 3.64. The highest BCUT2D eigenvalue weighted by atomic mass is 16.1. The average Bonchev–Trinajstić information content (AvgIpc) is 2.32. The molecule has 98 valence electrons. The molecule has 0 aromatic heterocycles. The first-order valence-electron chi connectivity index (χ1n) is 6.72. The van der Waals surface area contributed by atoms with E-state index in [0.29, 0.717) is 12.5 Å². The summed E-state index contributed by atoms with van der Waals surface area (Å²) < 4.78 is 0. The number of benzene rings is 1. The summed E-state index contributed by atoms with van der Waals surface area (Å²) in [6.07, 6.45) is 4.24. The van der Waals surface area contributed by atoms with Crippen LogP contribution in [0.2, 0.25) is 0 Å². The lowest BCUT2D eigenvalue weighted by atomic mass is 10.00. The zero-order valence-electron chi connectivity index (χ0n) is 11.3. The zero-order chi connectivity index (χ0) is 13.0. The number of hydrogen-bond acceptors (Lipinski definition) is 2. The lowest BCUT2D eigenvalue weighted by Gasteiger charge is -2.31. The van der Waals surface area contributed by atoms with E-state index in [0.717, 1.165) is 18.7 Å². The van der Waals surface area contributed by atoms with Crippen molar-refractivity contribution >= 4 is 11.6 Å². The van der Waals surface area contributed by atoms with Gasteiger partial charge in [0.2, 0.25) is 5.91 Å². The van der Waals surface area contributed by atoms with Crippen LogP contribution in [0.3, 0.4) is 0 Å². The van der Waals surface area contributed by atoms with Gasteiger partial charge in [-0.15, -0.1) is 0 Å². The second-order valence-electron chi connectivity index (χ2n) is 5.25. The summed E-state index contributed by atoms with van der Waals surface area (Å²) in [5, 5.41) is 2.98. The summed E-state index contributed by atoms with van der Waals surface area (Å²) >= 11 is 0. The minimum atomic E-state index is 0.124. The summed E-state index contributed by atoms with van der Waals surface area (Å²) in [4.78, 5) is 14.3. The van der Waals surface area contributed by atoms with E-state index in [2.05, 4.69) is 17.3 Å². The van der Waals surface area contributed by atoms with Crippen molar-refractivity contribution in [1.29, 1.82) is 0 Å². The van der Waals surface area contributed by atoms with Crippen molar-refractivity contribution in [3.63, 3.8) is 0 Å². The van der Waals surface area contributed by atoms with E-state index in [1.807, 2.05) is 31.2 Å². The minimum Gasteiger partial charge on any atom is -0.326 e. The van der Waals surface area contributed by atoms with Gasteiger partial charge in [0.15, 0.2) is 0 Å². The molecule has 1 aromatic carbocycles. The molecule has 1 amide bonds. The van der Waals surface area contributed by atoms with Gasteiger partial charge in [-0.2, -0.15) is 0 Å². The summed E-state index contributed by atoms with van der Waals surface area (Å²) in [5.74, 6) is 0.124. The van der Waals surface area contributed by atoms with Crippen molar-refractivity contribution in [3.05, 3.63) is 29.8 Å². The fourth-order valence-electron chi connectivity index (χ4n) is 2.55. The highest BCUT2D eigenvalue weighted by molar-refractivity contribution is 5.91. The number of rotatable bonds is 3. The second kappa shape index (κ2) is 6.01. The molecule has 3 heteroatoms. The molecule has 1 unspecified atom stereocenters. The maximum absolute atomic E-state index is 12.0. The number of aryl methyl sites for hydroxylation is 1. The summed E-state index contributed by atoms with van der Waals surface area (Å²) in [6, 6.07) is 8.35. The number of nitrogens with one attached hydrogen (secondary N) is 1. The van der Waals surface area contributed by atoms with Gasteiger partial charge in [0.1, 0.15) is 0 Å². The maximum Gasteiger partial charge on any atom is 0.225 e. The molecule has 0 aliphatic carbocycles. The van der Waals surface area contributed by atoms with Crippen LogP contribution < -0.4 is 5.32 Å². The Balaban J connectivity index is 1.88. The molecule has 1 fully saturated rings. The Morgan fingerprint density at radius 2 is 2.28 bits per heavy atom. The maximum atomic E-state index is 12.0. The lowest BCUT2D eigenvalue weighted by Crippen LogP contribution is -2.38. The van der Waals surface area contributed by atoms with Crippen LogP contribution in [-0.4, -0.2) is 30.4 Å². The number of piperidine rings is 1. The van der Waals surface area contributed by atoms with Gasteiger partial charge in [0.05, 0.1) is 0 Å². The van der Waals surface area contributed by atoms with E-state index >= 15 is 0 Å². The number of anilines is 1. The Kier molecular flexibility index (Phi) is 4.37. The molecule has 3 nitrogen and oxygen atoms in total. The fourth-order valence-corrected chi connectivity index (χ4v) is 2.55. The van der Waals surface area contributed by atoms with Gasteiger partial charge in [-0.3, -0.25) is 4.79 Å². The molecule has 1 atom stereocenters. The molecule has 1 heterocycles. The number of likely N-dealkylation sites (tertiary alicyclic amines) is 1. The van der Waals surface area contributed by atoms with Crippen molar-refractivity contribution in [1.82, 2.24) is 4.90 Å². The van der Waals surface area contributed by atoms with Crippen LogP contribution in [0, 0.1) is 6.92 Å². The molecule has 1 aliphatic rings. The van der Waals surface area contributed by atoms with E-state index in [-0.39, 0.29) is 5.91 Å². The number of hydrogen-bond donors (Lipinski definition) is 1. The van der Waals surface area contributed by atoms with E-state index in [1.165, 1.54) is 18.4 Å². The Bertz CT molecular complexity index is 417. The van der Waals surface area contributed by atoms with Crippen LogP contribution in [0.5, 0.6) is 0 Å². The van der Waals surface area contributed by atoms with E-state index < -0.39 is 0 Å². The number of amides is 1. The molecule has 1 N–H and O–H groups in total. The van der Waals surface area contributed by atoms with Crippen LogP contribution in [0.15, 0.2) is 24.3 Å². The van der Waals surface area contributed by atoms with Crippen molar-refractivity contribution in [2.75, 3.05) is 18.9 Å². The first kappa shape index (κ1) is 13.1. The van der Waals surface area contributed by atoms with Crippen LogP contribution in [0.4, 0.5) is 5.69 Å². The predicted octanol–water partition coefficient (Wildman–Crippen LogP) is 2.81. The molecule has 1 aliphatic heterocycles. The van der Waals surface area contributed by atoms with Crippen LogP contribution in [0.1, 0.15) is 31.2 Å². The smallest absolute Gasteiger partial charge is 0.225 e. The second-order valence-corrected chi connectivity index (χ2v) is 5.25. The summed E-state index contributed by atoms with van der Waals surface area (Å²) in [5.41, 5.74) is 2.07. The largest absolute Gasteiger partial charge is 0.326 e. The highest BCUT2D eigenvalue weighted by Gasteiger charge is 2.21. The standard InChI is InChI=1S/C15H22N2O/c1-12-6-5-7-13(10-12)16-15(18)11-14-8-3-4-9-17(14)2/h5-7,10,14H,3-4,8-9,11H2,1-2H3,(H,16,18). The third kappa shape index (κ3) is 3.57. The number of carbonyl (C=O) groups excluding carboxylic acids is 1. The van der Waals surface area contributed by atoms with Gasteiger partial charge < -0.3 is 10.2 Å². The normalized spacial score (nSPS) is 20.7. The third-order valence-corrected chi connectivity index (χ3v) is 3.64. The lowest BCUT2D eigenvalue weighted by molar-refractivity contribution is -0.117. The molecule has 18 heavy (non-hydrogen) atoms. The monoisotopic (exact) mass is 246 g/mol. The summed E-state index contributed by atoms with van der Waals surface area (Å²) in [7, 11) is 2.11. The molecule has 0 bridgehead atoms. The van der Waals surface area contributed by atoms with E-state index in [1.54, 1.807) is 0 Å². The topological polar surface area (TPSA) is 32.3 Å². The molecular formula is C15H22N2O. The molecule has 2 rings (SSSR count). The fraction of sp³-hybridized carbons (Fsp3) is 0.533. The highest BCUT2D eigenvalue weighted by Crippen LogP contribution is 2.18. The minimum absolute atomic E-state index is 0.124. The molecular weight excluding hydrogens is 224 g/mol. The quantitative estimate of drug-likeness (QED) is 0.889.